The highest BCUT2D eigenvalue weighted by atomic mass is 16.6. The Balaban J connectivity index is 1.90. The van der Waals surface area contributed by atoms with Gasteiger partial charge in [0.25, 0.3) is 0 Å². The van der Waals surface area contributed by atoms with E-state index in [0.29, 0.717) is 19.6 Å². The van der Waals surface area contributed by atoms with E-state index in [9.17, 15) is 4.79 Å². The van der Waals surface area contributed by atoms with Crippen molar-refractivity contribution in [1.82, 2.24) is 20.2 Å². The van der Waals surface area contributed by atoms with Crippen molar-refractivity contribution in [2.24, 2.45) is 0 Å². The zero-order valence-corrected chi connectivity index (χ0v) is 13.6. The first-order valence-electron chi connectivity index (χ1n) is 7.37. The molecule has 7 nitrogen and oxygen atoms in total. The van der Waals surface area contributed by atoms with Crippen molar-refractivity contribution in [3.8, 4) is 0 Å². The van der Waals surface area contributed by atoms with Crippen molar-refractivity contribution in [1.29, 1.82) is 0 Å². The zero-order chi connectivity index (χ0) is 16.2. The molecule has 0 saturated carbocycles. The molecule has 1 aromatic rings. The van der Waals surface area contributed by atoms with E-state index in [1.165, 1.54) is 6.33 Å². The Labute approximate surface area is 131 Å². The van der Waals surface area contributed by atoms with Crippen LogP contribution in [0.1, 0.15) is 26.3 Å². The fourth-order valence-corrected chi connectivity index (χ4v) is 2.35. The first-order valence-corrected chi connectivity index (χ1v) is 7.37. The Morgan fingerprint density at radius 2 is 2.05 bits per heavy atom. The van der Waals surface area contributed by atoms with Crippen LogP contribution in [-0.2, 0) is 16.0 Å². The van der Waals surface area contributed by atoms with Gasteiger partial charge in [-0.1, -0.05) is 0 Å². The number of hydrogen-bond acceptors (Lipinski definition) is 6. The highest BCUT2D eigenvalue weighted by Crippen LogP contribution is 2.17. The van der Waals surface area contributed by atoms with Crippen LogP contribution in [0.15, 0.2) is 18.7 Å². The van der Waals surface area contributed by atoms with Crippen LogP contribution in [0.4, 0.5) is 4.79 Å². The van der Waals surface area contributed by atoms with E-state index in [1.54, 1.807) is 24.4 Å². The average molecular weight is 308 g/mol. The third kappa shape index (κ3) is 4.64. The van der Waals surface area contributed by atoms with Crippen LogP contribution in [0.2, 0.25) is 0 Å². The Kier molecular flexibility index (Phi) is 5.31. The lowest BCUT2D eigenvalue weighted by Gasteiger charge is -2.24. The lowest BCUT2D eigenvalue weighted by Crippen LogP contribution is -2.40. The molecular formula is C15H24N4O3. The van der Waals surface area contributed by atoms with Gasteiger partial charge in [-0.25, -0.2) is 14.8 Å². The van der Waals surface area contributed by atoms with Crippen molar-refractivity contribution in [3.63, 3.8) is 0 Å². The lowest BCUT2D eigenvalue weighted by atomic mass is 10.2. The minimum atomic E-state index is -0.494. The van der Waals surface area contributed by atoms with Crippen LogP contribution >= 0.6 is 0 Å². The molecule has 1 saturated heterocycles. The van der Waals surface area contributed by atoms with Crippen LogP contribution in [-0.4, -0.2) is 58.9 Å². The summed E-state index contributed by atoms with van der Waals surface area (Å²) in [6, 6.07) is 0.0534. The van der Waals surface area contributed by atoms with Crippen molar-refractivity contribution < 1.29 is 14.3 Å². The Hall–Kier alpha value is -1.73. The first-order chi connectivity index (χ1) is 10.4. The molecule has 0 radical (unpaired) electrons. The molecule has 0 spiro atoms. The fourth-order valence-electron chi connectivity index (χ4n) is 2.35. The highest BCUT2D eigenvalue weighted by Gasteiger charge is 2.37. The number of ether oxygens (including phenoxy) is 2. The number of hydrogen-bond donors (Lipinski definition) is 1. The molecule has 2 rings (SSSR count). The molecule has 1 amide bonds. The van der Waals surface area contributed by atoms with Gasteiger partial charge in [-0.15, -0.1) is 0 Å². The summed E-state index contributed by atoms with van der Waals surface area (Å²) < 4.78 is 10.9. The van der Waals surface area contributed by atoms with Crippen molar-refractivity contribution >= 4 is 6.09 Å². The molecule has 1 fully saturated rings. The van der Waals surface area contributed by atoms with Gasteiger partial charge in [-0.2, -0.15) is 0 Å². The van der Waals surface area contributed by atoms with E-state index in [4.69, 9.17) is 9.47 Å². The minimum Gasteiger partial charge on any atom is -0.444 e. The number of rotatable bonds is 4. The summed E-state index contributed by atoms with van der Waals surface area (Å²) in [6.45, 7) is 7.29. The second-order valence-corrected chi connectivity index (χ2v) is 6.39. The van der Waals surface area contributed by atoms with Gasteiger partial charge in [0.05, 0.1) is 18.7 Å². The third-order valence-electron chi connectivity index (χ3n) is 3.40. The number of amides is 1. The quantitative estimate of drug-likeness (QED) is 0.900. The van der Waals surface area contributed by atoms with Gasteiger partial charge in [0.2, 0.25) is 0 Å². The number of carbonyl (C=O) groups excluding carboxylic acids is 1. The van der Waals surface area contributed by atoms with Gasteiger partial charge >= 0.3 is 6.09 Å². The summed E-state index contributed by atoms with van der Waals surface area (Å²) in [6.07, 6.45) is 4.67. The van der Waals surface area contributed by atoms with E-state index in [0.717, 1.165) is 5.56 Å². The molecule has 1 aromatic heterocycles. The average Bonchev–Trinajstić information content (AvgIpc) is 2.88. The van der Waals surface area contributed by atoms with E-state index in [1.807, 2.05) is 20.8 Å². The molecule has 1 aliphatic heterocycles. The highest BCUT2D eigenvalue weighted by molar-refractivity contribution is 5.68. The number of likely N-dealkylation sites (tertiary alicyclic amines) is 1. The Morgan fingerprint density at radius 3 is 2.64 bits per heavy atom. The summed E-state index contributed by atoms with van der Waals surface area (Å²) in [7, 11) is 1.66. The smallest absolute Gasteiger partial charge is 0.410 e. The van der Waals surface area contributed by atoms with Crippen LogP contribution in [0, 0.1) is 0 Å². The molecule has 1 unspecified atom stereocenters. The second-order valence-electron chi connectivity index (χ2n) is 6.39. The summed E-state index contributed by atoms with van der Waals surface area (Å²) in [4.78, 5) is 21.8. The van der Waals surface area contributed by atoms with Gasteiger partial charge in [0.15, 0.2) is 0 Å². The molecule has 2 atom stereocenters. The van der Waals surface area contributed by atoms with Crippen molar-refractivity contribution in [2.75, 3.05) is 20.2 Å². The van der Waals surface area contributed by atoms with Gasteiger partial charge in [0.1, 0.15) is 11.9 Å². The minimum absolute atomic E-state index is 0.0534. The maximum Gasteiger partial charge on any atom is 0.410 e. The number of methoxy groups -OCH3 is 1. The molecular weight excluding hydrogens is 284 g/mol. The van der Waals surface area contributed by atoms with Gasteiger partial charge in [-0.3, -0.25) is 0 Å². The SMILES string of the molecule is CO[C@H]1CN(C(=O)OC(C)(C)C)CC1NCc1cncnc1. The zero-order valence-electron chi connectivity index (χ0n) is 13.6. The maximum absolute atomic E-state index is 12.1. The predicted octanol–water partition coefficient (Wildman–Crippen LogP) is 1.20. The number of nitrogens with one attached hydrogen (secondary N) is 1. The Morgan fingerprint density at radius 1 is 1.36 bits per heavy atom. The number of nitrogens with zero attached hydrogens (tertiary/aromatic N) is 3. The van der Waals surface area contributed by atoms with Crippen LogP contribution in [0.5, 0.6) is 0 Å². The normalized spacial score (nSPS) is 21.9. The molecule has 7 heteroatoms. The summed E-state index contributed by atoms with van der Waals surface area (Å²) in [5.74, 6) is 0. The molecule has 0 aliphatic carbocycles. The second kappa shape index (κ2) is 7.02. The topological polar surface area (TPSA) is 76.6 Å². The van der Waals surface area contributed by atoms with E-state index >= 15 is 0 Å². The van der Waals surface area contributed by atoms with Crippen molar-refractivity contribution in [3.05, 3.63) is 24.3 Å². The Bertz CT molecular complexity index is 489. The molecule has 122 valence electrons. The summed E-state index contributed by atoms with van der Waals surface area (Å²) in [5.41, 5.74) is 0.500. The fraction of sp³-hybridized carbons (Fsp3) is 0.667. The van der Waals surface area contributed by atoms with Gasteiger partial charge in [-0.05, 0) is 20.8 Å². The van der Waals surface area contributed by atoms with E-state index < -0.39 is 5.60 Å². The van der Waals surface area contributed by atoms with Crippen LogP contribution < -0.4 is 5.32 Å². The molecule has 0 bridgehead atoms. The number of aromatic nitrogens is 2. The predicted molar refractivity (Wildman–Crippen MR) is 81.3 cm³/mol. The summed E-state index contributed by atoms with van der Waals surface area (Å²) in [5, 5.41) is 3.39. The standard InChI is InChI=1S/C15H24N4O3/c1-15(2,3)22-14(20)19-8-12(13(9-19)21-4)18-7-11-5-16-10-17-6-11/h5-6,10,12-13,18H,7-9H2,1-4H3/t12?,13-/m0/s1. The van der Waals surface area contributed by atoms with Crippen molar-refractivity contribution in [2.45, 2.75) is 45.1 Å². The van der Waals surface area contributed by atoms with Crippen LogP contribution in [0.3, 0.4) is 0 Å². The molecule has 2 heterocycles. The molecule has 1 aliphatic rings. The first kappa shape index (κ1) is 16.6. The molecule has 0 aromatic carbocycles. The van der Waals surface area contributed by atoms with Gasteiger partial charge in [0, 0.05) is 38.2 Å². The maximum atomic E-state index is 12.1. The number of carbonyl (C=O) groups is 1. The van der Waals surface area contributed by atoms with Gasteiger partial charge < -0.3 is 19.7 Å². The third-order valence-corrected chi connectivity index (χ3v) is 3.40. The lowest BCUT2D eigenvalue weighted by molar-refractivity contribution is 0.0252. The molecule has 22 heavy (non-hydrogen) atoms. The van der Waals surface area contributed by atoms with E-state index in [2.05, 4.69) is 15.3 Å². The van der Waals surface area contributed by atoms with E-state index in [-0.39, 0.29) is 18.2 Å². The largest absolute Gasteiger partial charge is 0.444 e. The summed E-state index contributed by atoms with van der Waals surface area (Å²) >= 11 is 0. The molecule has 1 N–H and O–H groups in total. The van der Waals surface area contributed by atoms with Crippen LogP contribution in [0.25, 0.3) is 0 Å². The monoisotopic (exact) mass is 308 g/mol.